The molecule has 1 heterocycles. The maximum absolute atomic E-state index is 13.0. The van der Waals surface area contributed by atoms with E-state index in [0.29, 0.717) is 6.54 Å². The van der Waals surface area contributed by atoms with E-state index in [1.165, 1.54) is 23.9 Å². The highest BCUT2D eigenvalue weighted by Crippen LogP contribution is 2.25. The van der Waals surface area contributed by atoms with Crippen LogP contribution in [0.2, 0.25) is 0 Å². The van der Waals surface area contributed by atoms with Gasteiger partial charge in [0.2, 0.25) is 0 Å². The quantitative estimate of drug-likeness (QED) is 0.876. The Hall–Kier alpha value is -2.69. The molecule has 130 valence electrons. The molecule has 1 N–H and O–H groups in total. The Kier molecular flexibility index (Phi) is 5.43. The molecule has 5 nitrogen and oxygen atoms in total. The minimum absolute atomic E-state index is 0.0905. The summed E-state index contributed by atoms with van der Waals surface area (Å²) in [5.74, 6) is -1.22. The molecule has 5 heteroatoms. The van der Waals surface area contributed by atoms with E-state index in [1.807, 2.05) is 23.1 Å². The molecular formula is C20H22N2O3. The van der Waals surface area contributed by atoms with Crippen LogP contribution in [0.3, 0.4) is 0 Å². The van der Waals surface area contributed by atoms with Crippen molar-refractivity contribution < 1.29 is 14.7 Å². The van der Waals surface area contributed by atoms with Crippen molar-refractivity contribution in [1.82, 2.24) is 9.88 Å². The Morgan fingerprint density at radius 3 is 2.52 bits per heavy atom. The summed E-state index contributed by atoms with van der Waals surface area (Å²) < 4.78 is 0. The fourth-order valence-corrected chi connectivity index (χ4v) is 3.39. The summed E-state index contributed by atoms with van der Waals surface area (Å²) in [4.78, 5) is 30.2. The van der Waals surface area contributed by atoms with Crippen LogP contribution in [0, 0.1) is 0 Å². The molecule has 1 aromatic carbocycles. The van der Waals surface area contributed by atoms with Crippen molar-refractivity contribution in [2.24, 2.45) is 0 Å². The molecule has 3 rings (SSSR count). The number of carbonyl (C=O) groups excluding carboxylic acids is 1. The van der Waals surface area contributed by atoms with Gasteiger partial charge in [-0.1, -0.05) is 43.2 Å². The number of carbonyl (C=O) groups is 2. The highest BCUT2D eigenvalue weighted by molar-refractivity contribution is 5.96. The van der Waals surface area contributed by atoms with Gasteiger partial charge in [0.15, 0.2) is 0 Å². The zero-order valence-electron chi connectivity index (χ0n) is 14.1. The Morgan fingerprint density at radius 2 is 1.84 bits per heavy atom. The first-order valence-corrected chi connectivity index (χ1v) is 8.69. The average molecular weight is 338 g/mol. The maximum Gasteiger partial charge on any atom is 0.335 e. The molecule has 2 aromatic rings. The van der Waals surface area contributed by atoms with E-state index >= 15 is 0 Å². The van der Waals surface area contributed by atoms with Crippen molar-refractivity contribution in [2.75, 3.05) is 6.54 Å². The number of hydrogen-bond donors (Lipinski definition) is 1. The number of carboxylic acids is 1. The van der Waals surface area contributed by atoms with Crippen LogP contribution in [-0.4, -0.2) is 39.5 Å². The van der Waals surface area contributed by atoms with Gasteiger partial charge in [0, 0.05) is 18.8 Å². The zero-order chi connectivity index (χ0) is 17.6. The zero-order valence-corrected chi connectivity index (χ0v) is 14.1. The fourth-order valence-electron chi connectivity index (χ4n) is 3.39. The van der Waals surface area contributed by atoms with Crippen molar-refractivity contribution in [3.8, 4) is 0 Å². The number of aromatic carboxylic acids is 1. The smallest absolute Gasteiger partial charge is 0.335 e. The van der Waals surface area contributed by atoms with Crippen molar-refractivity contribution in [3.63, 3.8) is 0 Å². The summed E-state index contributed by atoms with van der Waals surface area (Å²) in [6.45, 7) is 0.618. The SMILES string of the molecule is O=C(O)c1ccnc(C(=O)N(CCc2ccccc2)C2CCCC2)c1. The van der Waals surface area contributed by atoms with Crippen LogP contribution in [-0.2, 0) is 6.42 Å². The predicted octanol–water partition coefficient (Wildman–Crippen LogP) is 3.41. The van der Waals surface area contributed by atoms with E-state index in [0.717, 1.165) is 32.1 Å². The van der Waals surface area contributed by atoms with Gasteiger partial charge in [-0.3, -0.25) is 9.78 Å². The van der Waals surface area contributed by atoms with Crippen LogP contribution in [0.15, 0.2) is 48.7 Å². The van der Waals surface area contributed by atoms with E-state index < -0.39 is 5.97 Å². The van der Waals surface area contributed by atoms with E-state index in [2.05, 4.69) is 17.1 Å². The van der Waals surface area contributed by atoms with Crippen LogP contribution < -0.4 is 0 Å². The molecule has 1 saturated carbocycles. The van der Waals surface area contributed by atoms with E-state index in [-0.39, 0.29) is 23.2 Å². The second-order valence-electron chi connectivity index (χ2n) is 6.41. The Bertz CT molecular complexity index is 740. The van der Waals surface area contributed by atoms with E-state index in [4.69, 9.17) is 5.11 Å². The standard InChI is InChI=1S/C20H22N2O3/c23-19(18-14-16(20(24)25)10-12-21-18)22(17-8-4-5-9-17)13-11-15-6-2-1-3-7-15/h1-3,6-7,10,12,14,17H,4-5,8-9,11,13H2,(H,24,25). The lowest BCUT2D eigenvalue weighted by Gasteiger charge is -2.29. The van der Waals surface area contributed by atoms with Crippen LogP contribution >= 0.6 is 0 Å². The second kappa shape index (κ2) is 7.92. The summed E-state index contributed by atoms with van der Waals surface area (Å²) in [5.41, 5.74) is 1.48. The van der Waals surface area contributed by atoms with Gasteiger partial charge in [-0.15, -0.1) is 0 Å². The molecule has 0 atom stereocenters. The lowest BCUT2D eigenvalue weighted by atomic mass is 10.1. The summed E-state index contributed by atoms with van der Waals surface area (Å²) in [6, 6.07) is 13.1. The van der Waals surface area contributed by atoms with Crippen molar-refractivity contribution >= 4 is 11.9 Å². The minimum Gasteiger partial charge on any atom is -0.478 e. The lowest BCUT2D eigenvalue weighted by Crippen LogP contribution is -2.40. The largest absolute Gasteiger partial charge is 0.478 e. The van der Waals surface area contributed by atoms with Crippen LogP contribution in [0.25, 0.3) is 0 Å². The van der Waals surface area contributed by atoms with Crippen molar-refractivity contribution in [3.05, 3.63) is 65.5 Å². The van der Waals surface area contributed by atoms with E-state index in [9.17, 15) is 9.59 Å². The summed E-state index contributed by atoms with van der Waals surface area (Å²) in [7, 11) is 0. The molecule has 0 aliphatic heterocycles. The second-order valence-corrected chi connectivity index (χ2v) is 6.41. The number of benzene rings is 1. The van der Waals surface area contributed by atoms with Gasteiger partial charge >= 0.3 is 5.97 Å². The Morgan fingerprint density at radius 1 is 1.12 bits per heavy atom. The molecule has 0 bridgehead atoms. The van der Waals surface area contributed by atoms with Gasteiger partial charge in [0.05, 0.1) is 5.56 Å². The summed E-state index contributed by atoms with van der Waals surface area (Å²) in [6.07, 6.45) is 6.42. The topological polar surface area (TPSA) is 70.5 Å². The van der Waals surface area contributed by atoms with Crippen molar-refractivity contribution in [1.29, 1.82) is 0 Å². The summed E-state index contributed by atoms with van der Waals surface area (Å²) in [5, 5.41) is 9.14. The molecule has 1 amide bonds. The van der Waals surface area contributed by atoms with Gasteiger partial charge in [-0.2, -0.15) is 0 Å². The van der Waals surface area contributed by atoms with Gasteiger partial charge in [-0.25, -0.2) is 4.79 Å². The molecule has 1 fully saturated rings. The lowest BCUT2D eigenvalue weighted by molar-refractivity contribution is 0.0678. The van der Waals surface area contributed by atoms with Crippen LogP contribution in [0.4, 0.5) is 0 Å². The third-order valence-electron chi connectivity index (χ3n) is 4.74. The number of pyridine rings is 1. The van der Waals surface area contributed by atoms with Gasteiger partial charge in [-0.05, 0) is 37.0 Å². The number of aromatic nitrogens is 1. The first kappa shape index (κ1) is 17.1. The fraction of sp³-hybridized carbons (Fsp3) is 0.350. The minimum atomic E-state index is -1.05. The Balaban J connectivity index is 1.79. The molecule has 25 heavy (non-hydrogen) atoms. The molecule has 0 unspecified atom stereocenters. The van der Waals surface area contributed by atoms with Gasteiger partial charge in [0.1, 0.15) is 5.69 Å². The van der Waals surface area contributed by atoms with Crippen LogP contribution in [0.5, 0.6) is 0 Å². The third kappa shape index (κ3) is 4.24. The maximum atomic E-state index is 13.0. The number of rotatable bonds is 6. The number of carboxylic acid groups (broad SMARTS) is 1. The molecule has 1 aliphatic rings. The first-order chi connectivity index (χ1) is 12.1. The third-order valence-corrected chi connectivity index (χ3v) is 4.74. The predicted molar refractivity (Wildman–Crippen MR) is 94.6 cm³/mol. The molecular weight excluding hydrogens is 316 g/mol. The highest BCUT2D eigenvalue weighted by atomic mass is 16.4. The highest BCUT2D eigenvalue weighted by Gasteiger charge is 2.28. The molecule has 0 radical (unpaired) electrons. The normalized spacial score (nSPS) is 14.4. The molecule has 0 saturated heterocycles. The number of nitrogens with zero attached hydrogens (tertiary/aromatic N) is 2. The summed E-state index contributed by atoms with van der Waals surface area (Å²) >= 11 is 0. The molecule has 0 spiro atoms. The first-order valence-electron chi connectivity index (χ1n) is 8.69. The number of hydrogen-bond acceptors (Lipinski definition) is 3. The van der Waals surface area contributed by atoms with Crippen molar-refractivity contribution in [2.45, 2.75) is 38.1 Å². The Labute approximate surface area is 147 Å². The monoisotopic (exact) mass is 338 g/mol. The van der Waals surface area contributed by atoms with E-state index in [1.54, 1.807) is 0 Å². The molecule has 1 aliphatic carbocycles. The van der Waals surface area contributed by atoms with Gasteiger partial charge < -0.3 is 10.0 Å². The van der Waals surface area contributed by atoms with Crippen LogP contribution in [0.1, 0.15) is 52.1 Å². The van der Waals surface area contributed by atoms with Gasteiger partial charge in [0.25, 0.3) is 5.91 Å². The molecule has 1 aromatic heterocycles. The average Bonchev–Trinajstić information content (AvgIpc) is 3.17. The number of amides is 1.